The average molecular weight is 262 g/mol. The Bertz CT molecular complexity index is 330. The summed E-state index contributed by atoms with van der Waals surface area (Å²) in [5.74, 6) is -0.544. The summed E-state index contributed by atoms with van der Waals surface area (Å²) in [7, 11) is 0. The molecule has 1 atom stereocenters. The number of halogens is 2. The third-order valence-corrected chi connectivity index (χ3v) is 2.73. The van der Waals surface area contributed by atoms with Crippen molar-refractivity contribution in [2.45, 2.75) is 25.8 Å². The molecule has 4 heteroatoms. The molecule has 0 radical (unpaired) electrons. The van der Waals surface area contributed by atoms with Gasteiger partial charge in [0.2, 0.25) is 0 Å². The molecule has 0 bridgehead atoms. The summed E-state index contributed by atoms with van der Waals surface area (Å²) in [4.78, 5) is 0. The number of aromatic hydroxyl groups is 1. The molecule has 0 aliphatic heterocycles. The second-order valence-electron chi connectivity index (χ2n) is 3.19. The minimum atomic E-state index is -0.452. The molecule has 0 heterocycles. The zero-order valence-corrected chi connectivity index (χ0v) is 9.51. The molecule has 1 aromatic carbocycles. The predicted molar refractivity (Wildman–Crippen MR) is 57.6 cm³/mol. The first-order chi connectivity index (χ1) is 6.57. The molecular weight excluding hydrogens is 249 g/mol. The molecule has 0 amide bonds. The highest BCUT2D eigenvalue weighted by Gasteiger charge is 2.17. The Morgan fingerprint density at radius 1 is 1.57 bits per heavy atom. The molecule has 1 rings (SSSR count). The smallest absolute Gasteiger partial charge is 0.137 e. The number of hydrogen-bond donors (Lipinski definition) is 2. The average Bonchev–Trinajstić information content (AvgIpc) is 2.13. The van der Waals surface area contributed by atoms with E-state index in [4.69, 9.17) is 5.73 Å². The molecule has 0 saturated carbocycles. The van der Waals surface area contributed by atoms with Crippen molar-refractivity contribution in [3.05, 3.63) is 28.0 Å². The topological polar surface area (TPSA) is 46.2 Å². The molecule has 1 aromatic rings. The number of rotatable bonds is 3. The quantitative estimate of drug-likeness (QED) is 0.879. The van der Waals surface area contributed by atoms with Gasteiger partial charge in [-0.3, -0.25) is 0 Å². The molecule has 0 aliphatic carbocycles. The molecular formula is C10H13BrFNO. The Morgan fingerprint density at radius 2 is 2.21 bits per heavy atom. The normalized spacial score (nSPS) is 12.9. The van der Waals surface area contributed by atoms with Crippen LogP contribution >= 0.6 is 15.9 Å². The van der Waals surface area contributed by atoms with Gasteiger partial charge < -0.3 is 10.8 Å². The van der Waals surface area contributed by atoms with Crippen molar-refractivity contribution in [2.24, 2.45) is 5.73 Å². The van der Waals surface area contributed by atoms with Crippen molar-refractivity contribution in [3.63, 3.8) is 0 Å². The lowest BCUT2D eigenvalue weighted by atomic mass is 10.0. The Balaban J connectivity index is 3.11. The van der Waals surface area contributed by atoms with Crippen molar-refractivity contribution < 1.29 is 9.50 Å². The van der Waals surface area contributed by atoms with Gasteiger partial charge in [0.25, 0.3) is 0 Å². The van der Waals surface area contributed by atoms with E-state index in [1.807, 2.05) is 6.92 Å². The Kier molecular flexibility index (Phi) is 3.89. The molecule has 0 saturated heterocycles. The summed E-state index contributed by atoms with van der Waals surface area (Å²) in [5, 5.41) is 9.61. The fourth-order valence-corrected chi connectivity index (χ4v) is 1.71. The number of phenols is 1. The molecule has 2 nitrogen and oxygen atoms in total. The van der Waals surface area contributed by atoms with Crippen LogP contribution in [0.15, 0.2) is 16.6 Å². The Hall–Kier alpha value is -0.610. The largest absolute Gasteiger partial charge is 0.506 e. The Morgan fingerprint density at radius 3 is 2.79 bits per heavy atom. The molecule has 0 aromatic heterocycles. The van der Waals surface area contributed by atoms with Crippen LogP contribution in [-0.2, 0) is 0 Å². The number of hydrogen-bond acceptors (Lipinski definition) is 2. The molecule has 0 fully saturated rings. The molecule has 78 valence electrons. The lowest BCUT2D eigenvalue weighted by molar-refractivity contribution is 0.441. The van der Waals surface area contributed by atoms with Crippen LogP contribution in [0.3, 0.4) is 0 Å². The number of benzene rings is 1. The van der Waals surface area contributed by atoms with Gasteiger partial charge in [0.1, 0.15) is 11.6 Å². The highest BCUT2D eigenvalue weighted by Crippen LogP contribution is 2.34. The second kappa shape index (κ2) is 4.75. The first kappa shape index (κ1) is 11.5. The first-order valence-corrected chi connectivity index (χ1v) is 5.29. The van der Waals surface area contributed by atoms with Crippen molar-refractivity contribution in [1.29, 1.82) is 0 Å². The third-order valence-electron chi connectivity index (χ3n) is 2.09. The highest BCUT2D eigenvalue weighted by molar-refractivity contribution is 9.10. The summed E-state index contributed by atoms with van der Waals surface area (Å²) >= 11 is 3.13. The SMILES string of the molecule is CCC[C@@H](N)c1c(F)ccc(Br)c1O. The van der Waals surface area contributed by atoms with Gasteiger partial charge in [0.15, 0.2) is 0 Å². The van der Waals surface area contributed by atoms with E-state index in [0.717, 1.165) is 6.42 Å². The van der Waals surface area contributed by atoms with E-state index in [0.29, 0.717) is 10.9 Å². The fourth-order valence-electron chi connectivity index (χ4n) is 1.36. The maximum Gasteiger partial charge on any atom is 0.137 e. The molecule has 0 spiro atoms. The van der Waals surface area contributed by atoms with Crippen LogP contribution in [0, 0.1) is 5.82 Å². The maximum absolute atomic E-state index is 13.3. The Labute approximate surface area is 91.1 Å². The zero-order valence-electron chi connectivity index (χ0n) is 7.93. The minimum absolute atomic E-state index is 0.0917. The van der Waals surface area contributed by atoms with Crippen LogP contribution in [0.2, 0.25) is 0 Å². The predicted octanol–water partition coefficient (Wildman–Crippen LogP) is 3.09. The minimum Gasteiger partial charge on any atom is -0.506 e. The van der Waals surface area contributed by atoms with Gasteiger partial charge >= 0.3 is 0 Å². The summed E-state index contributed by atoms with van der Waals surface area (Å²) in [5.41, 5.74) is 5.95. The van der Waals surface area contributed by atoms with Crippen LogP contribution in [0.5, 0.6) is 5.75 Å². The summed E-state index contributed by atoms with van der Waals surface area (Å²) in [6.07, 6.45) is 1.51. The third kappa shape index (κ3) is 2.25. The van der Waals surface area contributed by atoms with Crippen LogP contribution in [0.25, 0.3) is 0 Å². The van der Waals surface area contributed by atoms with E-state index in [9.17, 15) is 9.50 Å². The van der Waals surface area contributed by atoms with Gasteiger partial charge in [-0.25, -0.2) is 4.39 Å². The molecule has 14 heavy (non-hydrogen) atoms. The maximum atomic E-state index is 13.3. The standard InChI is InChI=1S/C10H13BrFNO/c1-2-3-8(13)9-7(12)5-4-6(11)10(9)14/h4-5,8,14H,2-3,13H2,1H3/t8-/m1/s1. The van der Waals surface area contributed by atoms with Crippen LogP contribution in [-0.4, -0.2) is 5.11 Å². The van der Waals surface area contributed by atoms with Crippen molar-refractivity contribution in [2.75, 3.05) is 0 Å². The summed E-state index contributed by atoms with van der Waals surface area (Å²) < 4.78 is 13.8. The fraction of sp³-hybridized carbons (Fsp3) is 0.400. The van der Waals surface area contributed by atoms with Crippen molar-refractivity contribution >= 4 is 15.9 Å². The number of phenolic OH excluding ortho intramolecular Hbond substituents is 1. The monoisotopic (exact) mass is 261 g/mol. The van der Waals surface area contributed by atoms with Crippen molar-refractivity contribution in [3.8, 4) is 5.75 Å². The van der Waals surface area contributed by atoms with Gasteiger partial charge in [-0.15, -0.1) is 0 Å². The molecule has 0 aliphatic rings. The highest BCUT2D eigenvalue weighted by atomic mass is 79.9. The van der Waals surface area contributed by atoms with E-state index in [1.54, 1.807) is 0 Å². The lowest BCUT2D eigenvalue weighted by Gasteiger charge is -2.14. The molecule has 0 unspecified atom stereocenters. The first-order valence-electron chi connectivity index (χ1n) is 4.50. The van der Waals surface area contributed by atoms with Gasteiger partial charge in [0.05, 0.1) is 4.47 Å². The van der Waals surface area contributed by atoms with Gasteiger partial charge in [-0.05, 0) is 34.5 Å². The van der Waals surface area contributed by atoms with E-state index in [2.05, 4.69) is 15.9 Å². The zero-order chi connectivity index (χ0) is 10.7. The summed E-state index contributed by atoms with van der Waals surface area (Å²) in [6, 6.07) is 2.32. The van der Waals surface area contributed by atoms with E-state index in [-0.39, 0.29) is 11.3 Å². The van der Waals surface area contributed by atoms with E-state index in [1.165, 1.54) is 12.1 Å². The van der Waals surface area contributed by atoms with Crippen LogP contribution < -0.4 is 5.73 Å². The van der Waals surface area contributed by atoms with Gasteiger partial charge in [0, 0.05) is 11.6 Å². The van der Waals surface area contributed by atoms with E-state index >= 15 is 0 Å². The number of nitrogens with two attached hydrogens (primary N) is 1. The summed E-state index contributed by atoms with van der Waals surface area (Å²) in [6.45, 7) is 1.97. The van der Waals surface area contributed by atoms with E-state index < -0.39 is 11.9 Å². The van der Waals surface area contributed by atoms with Crippen molar-refractivity contribution in [1.82, 2.24) is 0 Å². The van der Waals surface area contributed by atoms with Crippen LogP contribution in [0.1, 0.15) is 31.4 Å². The lowest BCUT2D eigenvalue weighted by Crippen LogP contribution is -2.12. The van der Waals surface area contributed by atoms with Gasteiger partial charge in [-0.2, -0.15) is 0 Å². The second-order valence-corrected chi connectivity index (χ2v) is 4.04. The molecule has 3 N–H and O–H groups in total. The van der Waals surface area contributed by atoms with Crippen LogP contribution in [0.4, 0.5) is 4.39 Å². The van der Waals surface area contributed by atoms with Gasteiger partial charge in [-0.1, -0.05) is 13.3 Å².